The number of carbonyl (C=O) groups excluding carboxylic acids is 1. The molecule has 1 heterocycles. The molecular formula is C16H18Cl2N4O. The number of nitrogens with zero attached hydrogens (tertiary/aromatic N) is 1. The van der Waals surface area contributed by atoms with Crippen LogP contribution in [-0.2, 0) is 4.79 Å². The average molecular weight is 353 g/mol. The first-order valence-corrected chi connectivity index (χ1v) is 7.88. The number of rotatable bonds is 5. The van der Waals surface area contributed by atoms with Crippen LogP contribution in [0.5, 0.6) is 0 Å². The van der Waals surface area contributed by atoms with Gasteiger partial charge in [-0.25, -0.2) is 4.99 Å². The molecule has 122 valence electrons. The third kappa shape index (κ3) is 4.82. The predicted octanol–water partition coefficient (Wildman–Crippen LogP) is 2.36. The number of hydrogen-bond acceptors (Lipinski definition) is 3. The van der Waals surface area contributed by atoms with E-state index in [0.29, 0.717) is 26.9 Å². The SMILES string of the molecule is C=C(/C=C(\N=C/N)c1ccc(Cl)c(Cl)c1)C(=O)NC1CCNC1. The van der Waals surface area contributed by atoms with Crippen LogP contribution in [0.3, 0.4) is 0 Å². The van der Waals surface area contributed by atoms with E-state index in [1.54, 1.807) is 24.3 Å². The largest absolute Gasteiger partial charge is 0.390 e. The molecule has 1 aromatic carbocycles. The molecule has 1 amide bonds. The van der Waals surface area contributed by atoms with Gasteiger partial charge in [-0.05, 0) is 31.2 Å². The predicted molar refractivity (Wildman–Crippen MR) is 95.7 cm³/mol. The highest BCUT2D eigenvalue weighted by Gasteiger charge is 2.17. The van der Waals surface area contributed by atoms with Crippen molar-refractivity contribution in [2.45, 2.75) is 12.5 Å². The van der Waals surface area contributed by atoms with Crippen molar-refractivity contribution in [3.05, 3.63) is 52.0 Å². The maximum absolute atomic E-state index is 12.2. The second kappa shape index (κ2) is 8.15. The first kappa shape index (κ1) is 17.5. The standard InChI is InChI=1S/C16H18Cl2N4O/c1-10(16(23)22-12-4-5-20-8-12)6-15(21-9-19)11-2-3-13(17)14(18)7-11/h2-3,6-7,9,12,20H,1,4-5,8H2,(H2,19,21)(H,22,23)/b15-6-. The van der Waals surface area contributed by atoms with E-state index in [0.717, 1.165) is 25.8 Å². The Hall–Kier alpha value is -1.82. The Morgan fingerprint density at radius 3 is 2.83 bits per heavy atom. The number of aliphatic imine (C=N–C) groups is 1. The highest BCUT2D eigenvalue weighted by atomic mass is 35.5. The van der Waals surface area contributed by atoms with Crippen molar-refractivity contribution in [1.82, 2.24) is 10.6 Å². The summed E-state index contributed by atoms with van der Waals surface area (Å²) in [6, 6.07) is 5.19. The minimum absolute atomic E-state index is 0.124. The third-order valence-electron chi connectivity index (χ3n) is 3.43. The Bertz CT molecular complexity index is 664. The van der Waals surface area contributed by atoms with Gasteiger partial charge in [0.2, 0.25) is 0 Å². The van der Waals surface area contributed by atoms with Gasteiger partial charge in [0, 0.05) is 23.7 Å². The molecule has 2 rings (SSSR count). The molecule has 7 heteroatoms. The van der Waals surface area contributed by atoms with E-state index in [9.17, 15) is 4.79 Å². The molecule has 1 atom stereocenters. The van der Waals surface area contributed by atoms with Crippen molar-refractivity contribution in [2.24, 2.45) is 10.7 Å². The Morgan fingerprint density at radius 1 is 1.43 bits per heavy atom. The molecule has 1 aromatic rings. The number of amides is 1. The lowest BCUT2D eigenvalue weighted by Crippen LogP contribution is -2.36. The summed E-state index contributed by atoms with van der Waals surface area (Å²) in [7, 11) is 0. The summed E-state index contributed by atoms with van der Waals surface area (Å²) < 4.78 is 0. The number of nitrogens with one attached hydrogen (secondary N) is 2. The van der Waals surface area contributed by atoms with Crippen LogP contribution < -0.4 is 16.4 Å². The highest BCUT2D eigenvalue weighted by Crippen LogP contribution is 2.27. The van der Waals surface area contributed by atoms with Crippen molar-refractivity contribution in [2.75, 3.05) is 13.1 Å². The van der Waals surface area contributed by atoms with Gasteiger partial charge in [0.25, 0.3) is 5.91 Å². The van der Waals surface area contributed by atoms with E-state index in [1.807, 2.05) is 0 Å². The van der Waals surface area contributed by atoms with E-state index in [4.69, 9.17) is 28.9 Å². The van der Waals surface area contributed by atoms with Gasteiger partial charge in [-0.3, -0.25) is 4.79 Å². The fourth-order valence-corrected chi connectivity index (χ4v) is 2.52. The number of halogens is 2. The molecule has 1 aliphatic heterocycles. The molecule has 1 aliphatic rings. The molecular weight excluding hydrogens is 335 g/mol. The number of benzene rings is 1. The van der Waals surface area contributed by atoms with Crippen molar-refractivity contribution in [3.8, 4) is 0 Å². The first-order valence-electron chi connectivity index (χ1n) is 7.13. The van der Waals surface area contributed by atoms with Gasteiger partial charge in [-0.15, -0.1) is 0 Å². The van der Waals surface area contributed by atoms with Crippen LogP contribution >= 0.6 is 23.2 Å². The van der Waals surface area contributed by atoms with Crippen molar-refractivity contribution < 1.29 is 4.79 Å². The van der Waals surface area contributed by atoms with Gasteiger partial charge < -0.3 is 16.4 Å². The zero-order valence-corrected chi connectivity index (χ0v) is 14.0. The molecule has 0 radical (unpaired) electrons. The molecule has 1 unspecified atom stereocenters. The smallest absolute Gasteiger partial charge is 0.251 e. The van der Waals surface area contributed by atoms with Crippen LogP contribution in [-0.4, -0.2) is 31.4 Å². The third-order valence-corrected chi connectivity index (χ3v) is 4.17. The molecule has 0 bridgehead atoms. The summed E-state index contributed by atoms with van der Waals surface area (Å²) in [5.41, 5.74) is 6.86. The normalized spacial score (nSPS) is 18.3. The van der Waals surface area contributed by atoms with Crippen LogP contribution in [0.25, 0.3) is 5.70 Å². The van der Waals surface area contributed by atoms with Gasteiger partial charge in [0.05, 0.1) is 22.1 Å². The Labute approximate surface area is 145 Å². The molecule has 1 fully saturated rings. The Kier molecular flexibility index (Phi) is 6.21. The first-order chi connectivity index (χ1) is 11.0. The van der Waals surface area contributed by atoms with Gasteiger partial charge >= 0.3 is 0 Å². The van der Waals surface area contributed by atoms with Crippen LogP contribution in [0.15, 0.2) is 41.4 Å². The second-order valence-corrected chi connectivity index (χ2v) is 5.94. The quantitative estimate of drug-likeness (QED) is 0.329. The van der Waals surface area contributed by atoms with Crippen LogP contribution in [0.2, 0.25) is 10.0 Å². The molecule has 5 nitrogen and oxygen atoms in total. The molecule has 0 spiro atoms. The van der Waals surface area contributed by atoms with Gasteiger partial charge in [-0.2, -0.15) is 0 Å². The number of carbonyl (C=O) groups is 1. The Morgan fingerprint density at radius 2 is 2.22 bits per heavy atom. The zero-order chi connectivity index (χ0) is 16.8. The van der Waals surface area contributed by atoms with E-state index < -0.39 is 0 Å². The highest BCUT2D eigenvalue weighted by molar-refractivity contribution is 6.42. The molecule has 0 aliphatic carbocycles. The average Bonchev–Trinajstić information content (AvgIpc) is 3.02. The fraction of sp³-hybridized carbons (Fsp3) is 0.250. The molecule has 0 aromatic heterocycles. The minimum atomic E-state index is -0.233. The number of nitrogens with two attached hydrogens (primary N) is 1. The molecule has 0 saturated carbocycles. The van der Waals surface area contributed by atoms with Crippen LogP contribution in [0.4, 0.5) is 0 Å². The van der Waals surface area contributed by atoms with Crippen molar-refractivity contribution >= 4 is 41.1 Å². The topological polar surface area (TPSA) is 79.5 Å². The summed E-state index contributed by atoms with van der Waals surface area (Å²) in [4.78, 5) is 16.3. The lowest BCUT2D eigenvalue weighted by atomic mass is 10.1. The summed E-state index contributed by atoms with van der Waals surface area (Å²) >= 11 is 11.9. The maximum atomic E-state index is 12.2. The van der Waals surface area contributed by atoms with Gasteiger partial charge in [0.1, 0.15) is 0 Å². The van der Waals surface area contributed by atoms with Crippen molar-refractivity contribution in [1.29, 1.82) is 0 Å². The van der Waals surface area contributed by atoms with Gasteiger partial charge in [0.15, 0.2) is 0 Å². The van der Waals surface area contributed by atoms with Gasteiger partial charge in [-0.1, -0.05) is 35.8 Å². The summed E-state index contributed by atoms with van der Waals surface area (Å²) in [6.45, 7) is 5.47. The van der Waals surface area contributed by atoms with E-state index in [-0.39, 0.29) is 11.9 Å². The maximum Gasteiger partial charge on any atom is 0.251 e. The minimum Gasteiger partial charge on any atom is -0.390 e. The van der Waals surface area contributed by atoms with Crippen molar-refractivity contribution in [3.63, 3.8) is 0 Å². The number of hydrogen-bond donors (Lipinski definition) is 3. The molecule has 1 saturated heterocycles. The molecule has 4 N–H and O–H groups in total. The lowest BCUT2D eigenvalue weighted by Gasteiger charge is -2.11. The fourth-order valence-electron chi connectivity index (χ4n) is 2.22. The second-order valence-electron chi connectivity index (χ2n) is 5.13. The summed E-state index contributed by atoms with van der Waals surface area (Å²) in [5, 5.41) is 6.95. The Balaban J connectivity index is 2.18. The van der Waals surface area contributed by atoms with Crippen LogP contribution in [0.1, 0.15) is 12.0 Å². The van der Waals surface area contributed by atoms with E-state index >= 15 is 0 Å². The van der Waals surface area contributed by atoms with E-state index in [1.165, 1.54) is 0 Å². The summed E-state index contributed by atoms with van der Waals surface area (Å²) in [6.07, 6.45) is 3.63. The monoisotopic (exact) mass is 352 g/mol. The summed E-state index contributed by atoms with van der Waals surface area (Å²) in [5.74, 6) is -0.233. The van der Waals surface area contributed by atoms with E-state index in [2.05, 4.69) is 22.2 Å². The molecule has 23 heavy (non-hydrogen) atoms. The van der Waals surface area contributed by atoms with Crippen LogP contribution in [0, 0.1) is 0 Å². The zero-order valence-electron chi connectivity index (χ0n) is 12.5. The lowest BCUT2D eigenvalue weighted by molar-refractivity contribution is -0.117.